The van der Waals surface area contributed by atoms with Gasteiger partial charge in [-0.25, -0.2) is 13.2 Å². The first-order valence-corrected chi connectivity index (χ1v) is 5.99. The molecule has 1 nitrogen and oxygen atoms in total. The lowest BCUT2D eigenvalue weighted by Gasteiger charge is -2.09. The maximum atomic E-state index is 13.3. The quantitative estimate of drug-likeness (QED) is 0.880. The van der Waals surface area contributed by atoms with Crippen molar-refractivity contribution in [1.29, 1.82) is 0 Å². The lowest BCUT2D eigenvalue weighted by molar-refractivity contribution is 0.602. The van der Waals surface area contributed by atoms with E-state index in [2.05, 4.69) is 21.2 Å². The fourth-order valence-corrected chi connectivity index (χ4v) is 1.91. The van der Waals surface area contributed by atoms with Crippen LogP contribution in [-0.2, 0) is 6.54 Å². The maximum Gasteiger partial charge on any atom is 0.146 e. The highest BCUT2D eigenvalue weighted by Gasteiger charge is 2.07. The lowest BCUT2D eigenvalue weighted by atomic mass is 10.2. The normalized spacial score (nSPS) is 10.4. The molecule has 0 saturated carbocycles. The van der Waals surface area contributed by atoms with Crippen LogP contribution in [0, 0.1) is 17.5 Å². The van der Waals surface area contributed by atoms with E-state index in [1.807, 2.05) is 0 Å². The van der Waals surface area contributed by atoms with Crippen LogP contribution in [0.3, 0.4) is 0 Å². The number of rotatable bonds is 3. The first kappa shape index (κ1) is 13.0. The van der Waals surface area contributed by atoms with Crippen LogP contribution < -0.4 is 5.32 Å². The Morgan fingerprint density at radius 3 is 2.56 bits per heavy atom. The van der Waals surface area contributed by atoms with Crippen LogP contribution in [0.2, 0.25) is 0 Å². The van der Waals surface area contributed by atoms with Crippen LogP contribution >= 0.6 is 15.9 Å². The largest absolute Gasteiger partial charge is 0.378 e. The number of nitrogens with one attached hydrogen (secondary N) is 1. The molecule has 18 heavy (non-hydrogen) atoms. The molecule has 0 spiro atoms. The molecular weight excluding hydrogens is 307 g/mol. The molecule has 0 bridgehead atoms. The van der Waals surface area contributed by atoms with Crippen molar-refractivity contribution in [2.45, 2.75) is 6.54 Å². The average Bonchev–Trinajstić information content (AvgIpc) is 2.35. The van der Waals surface area contributed by atoms with Gasteiger partial charge >= 0.3 is 0 Å². The van der Waals surface area contributed by atoms with Gasteiger partial charge in [-0.15, -0.1) is 0 Å². The molecule has 2 aromatic rings. The molecule has 0 amide bonds. The molecule has 0 atom stereocenters. The smallest absolute Gasteiger partial charge is 0.146 e. The molecule has 2 rings (SSSR count). The summed E-state index contributed by atoms with van der Waals surface area (Å²) in [6.07, 6.45) is 0. The Hall–Kier alpha value is -1.49. The van der Waals surface area contributed by atoms with Gasteiger partial charge in [0.05, 0.1) is 10.2 Å². The Balaban J connectivity index is 2.16. The van der Waals surface area contributed by atoms with Gasteiger partial charge in [-0.05, 0) is 45.8 Å². The zero-order valence-corrected chi connectivity index (χ0v) is 10.8. The summed E-state index contributed by atoms with van der Waals surface area (Å²) >= 11 is 3.10. The Labute approximate surface area is 111 Å². The molecule has 0 aliphatic heterocycles. The highest BCUT2D eigenvalue weighted by molar-refractivity contribution is 9.10. The van der Waals surface area contributed by atoms with Gasteiger partial charge in [-0.1, -0.05) is 12.1 Å². The molecule has 1 N–H and O–H groups in total. The molecule has 0 unspecified atom stereocenters. The summed E-state index contributed by atoms with van der Waals surface area (Å²) in [5, 5.41) is 2.73. The highest BCUT2D eigenvalue weighted by Crippen LogP contribution is 2.22. The molecule has 0 radical (unpaired) electrons. The van der Waals surface area contributed by atoms with Crippen LogP contribution in [0.15, 0.2) is 40.9 Å². The van der Waals surface area contributed by atoms with Crippen molar-refractivity contribution >= 4 is 21.6 Å². The summed E-state index contributed by atoms with van der Waals surface area (Å²) in [7, 11) is 0. The zero-order chi connectivity index (χ0) is 13.1. The predicted molar refractivity (Wildman–Crippen MR) is 67.8 cm³/mol. The predicted octanol–water partition coefficient (Wildman–Crippen LogP) is 4.48. The van der Waals surface area contributed by atoms with E-state index in [4.69, 9.17) is 0 Å². The minimum Gasteiger partial charge on any atom is -0.378 e. The van der Waals surface area contributed by atoms with Crippen molar-refractivity contribution in [3.63, 3.8) is 0 Å². The molecule has 0 heterocycles. The minimum absolute atomic E-state index is 0.0474. The van der Waals surface area contributed by atoms with Crippen LogP contribution in [0.4, 0.5) is 18.9 Å². The molecule has 94 valence electrons. The van der Waals surface area contributed by atoms with Crippen molar-refractivity contribution in [2.24, 2.45) is 0 Å². The van der Waals surface area contributed by atoms with Crippen molar-refractivity contribution in [3.05, 3.63) is 63.9 Å². The van der Waals surface area contributed by atoms with Gasteiger partial charge in [0.1, 0.15) is 17.5 Å². The second kappa shape index (κ2) is 5.44. The minimum atomic E-state index is -0.552. The number of hydrogen-bond acceptors (Lipinski definition) is 1. The summed E-state index contributed by atoms with van der Waals surface area (Å²) in [6.45, 7) is 0.193. The molecule has 0 saturated heterocycles. The van der Waals surface area contributed by atoms with Crippen LogP contribution in [0.1, 0.15) is 5.56 Å². The Bertz CT molecular complexity index is 570. The van der Waals surface area contributed by atoms with Crippen LogP contribution in [0.5, 0.6) is 0 Å². The third-order valence-electron chi connectivity index (χ3n) is 2.43. The molecule has 2 aromatic carbocycles. The summed E-state index contributed by atoms with van der Waals surface area (Å²) in [4.78, 5) is 0. The number of halogens is 4. The number of anilines is 1. The first-order chi connectivity index (χ1) is 8.58. The third-order valence-corrected chi connectivity index (χ3v) is 3.32. The van der Waals surface area contributed by atoms with Gasteiger partial charge in [0.25, 0.3) is 0 Å². The first-order valence-electron chi connectivity index (χ1n) is 5.20. The molecule has 5 heteroatoms. The summed E-state index contributed by atoms with van der Waals surface area (Å²) in [6, 6.07) is 7.70. The average molecular weight is 316 g/mol. The molecule has 0 aromatic heterocycles. The number of hydrogen-bond donors (Lipinski definition) is 1. The topological polar surface area (TPSA) is 12.0 Å². The Morgan fingerprint density at radius 1 is 1.00 bits per heavy atom. The highest BCUT2D eigenvalue weighted by atomic mass is 79.9. The molecule has 0 aliphatic carbocycles. The standard InChI is InChI=1S/C13H9BrF3N/c14-13-8(2-1-3-11(13)17)7-18-12-6-9(15)4-5-10(12)16/h1-6,18H,7H2. The van der Waals surface area contributed by atoms with Gasteiger partial charge < -0.3 is 5.32 Å². The van der Waals surface area contributed by atoms with Gasteiger partial charge in [-0.2, -0.15) is 0 Å². The fourth-order valence-electron chi connectivity index (χ4n) is 1.51. The van der Waals surface area contributed by atoms with E-state index in [1.54, 1.807) is 12.1 Å². The molecule has 0 fully saturated rings. The van der Waals surface area contributed by atoms with Crippen molar-refractivity contribution in [3.8, 4) is 0 Å². The van der Waals surface area contributed by atoms with Crippen LogP contribution in [-0.4, -0.2) is 0 Å². The third kappa shape index (κ3) is 2.85. The van der Waals surface area contributed by atoms with E-state index >= 15 is 0 Å². The van der Waals surface area contributed by atoms with Crippen molar-refractivity contribution in [2.75, 3.05) is 5.32 Å². The summed E-state index contributed by atoms with van der Waals surface area (Å²) in [5.41, 5.74) is 0.671. The van der Waals surface area contributed by atoms with Crippen LogP contribution in [0.25, 0.3) is 0 Å². The zero-order valence-electron chi connectivity index (χ0n) is 9.18. The second-order valence-corrected chi connectivity index (χ2v) is 4.48. The van der Waals surface area contributed by atoms with Crippen molar-refractivity contribution in [1.82, 2.24) is 0 Å². The molecule has 0 aliphatic rings. The van der Waals surface area contributed by atoms with Crippen molar-refractivity contribution < 1.29 is 13.2 Å². The van der Waals surface area contributed by atoms with E-state index in [1.165, 1.54) is 6.07 Å². The van der Waals surface area contributed by atoms with E-state index in [9.17, 15) is 13.2 Å². The second-order valence-electron chi connectivity index (χ2n) is 3.69. The van der Waals surface area contributed by atoms with Gasteiger partial charge in [0.2, 0.25) is 0 Å². The lowest BCUT2D eigenvalue weighted by Crippen LogP contribution is -2.03. The SMILES string of the molecule is Fc1ccc(F)c(NCc2cccc(F)c2Br)c1. The Kier molecular flexibility index (Phi) is 3.91. The molecular formula is C13H9BrF3N. The van der Waals surface area contributed by atoms with E-state index in [-0.39, 0.29) is 12.2 Å². The van der Waals surface area contributed by atoms with E-state index in [0.717, 1.165) is 18.2 Å². The Morgan fingerprint density at radius 2 is 1.78 bits per heavy atom. The maximum absolute atomic E-state index is 13.3. The van der Waals surface area contributed by atoms with E-state index in [0.29, 0.717) is 10.0 Å². The monoisotopic (exact) mass is 315 g/mol. The van der Waals surface area contributed by atoms with Gasteiger partial charge in [0, 0.05) is 6.54 Å². The number of benzene rings is 2. The van der Waals surface area contributed by atoms with Gasteiger partial charge in [-0.3, -0.25) is 0 Å². The van der Waals surface area contributed by atoms with E-state index < -0.39 is 17.5 Å². The fraction of sp³-hybridized carbons (Fsp3) is 0.0769. The summed E-state index contributed by atoms with van der Waals surface area (Å²) in [5.74, 6) is -1.48. The summed E-state index contributed by atoms with van der Waals surface area (Å²) < 4.78 is 39.8. The van der Waals surface area contributed by atoms with Gasteiger partial charge in [0.15, 0.2) is 0 Å².